The number of amides is 1. The molecule has 0 saturated carbocycles. The van der Waals surface area contributed by atoms with Crippen LogP contribution in [0.1, 0.15) is 16.1 Å². The number of anilines is 1. The molecular weight excluding hydrogens is 345 g/mol. The summed E-state index contributed by atoms with van der Waals surface area (Å²) < 4.78 is 16.6. The molecule has 0 aliphatic rings. The number of carbonyl (C=O) groups is 1. The van der Waals surface area contributed by atoms with Crippen molar-refractivity contribution in [2.45, 2.75) is 6.92 Å². The van der Waals surface area contributed by atoms with Crippen molar-refractivity contribution in [1.29, 1.82) is 0 Å². The number of hydrogen-bond acceptors (Lipinski definition) is 3. The maximum Gasteiger partial charge on any atom is 0.256 e. The van der Waals surface area contributed by atoms with Gasteiger partial charge in [0.25, 0.3) is 5.91 Å². The molecule has 134 valence electrons. The minimum Gasteiger partial charge on any atom is -0.306 e. The predicted molar refractivity (Wildman–Crippen MR) is 99.8 cm³/mol. The van der Waals surface area contributed by atoms with Crippen molar-refractivity contribution in [3.63, 3.8) is 0 Å². The summed E-state index contributed by atoms with van der Waals surface area (Å²) in [7, 11) is 0. The summed E-state index contributed by atoms with van der Waals surface area (Å²) in [5.41, 5.74) is 2.83. The van der Waals surface area contributed by atoms with Crippen molar-refractivity contribution in [2.75, 3.05) is 5.32 Å². The fourth-order valence-electron chi connectivity index (χ4n) is 2.75. The second-order valence-corrected chi connectivity index (χ2v) is 6.03. The van der Waals surface area contributed by atoms with Crippen LogP contribution in [0.15, 0.2) is 73.3 Å². The molecule has 0 atom stereocenters. The van der Waals surface area contributed by atoms with Crippen molar-refractivity contribution < 1.29 is 9.18 Å². The van der Waals surface area contributed by atoms with E-state index in [0.29, 0.717) is 17.1 Å². The van der Waals surface area contributed by atoms with Crippen LogP contribution >= 0.6 is 0 Å². The number of hydrogen-bond donors (Lipinski definition) is 1. The molecule has 4 aromatic rings. The molecule has 0 radical (unpaired) electrons. The number of carbonyl (C=O) groups excluding carboxylic acids is 1. The molecule has 0 saturated heterocycles. The Kier molecular flexibility index (Phi) is 4.25. The van der Waals surface area contributed by atoms with Crippen LogP contribution in [0.2, 0.25) is 0 Å². The number of rotatable bonds is 4. The fourth-order valence-corrected chi connectivity index (χ4v) is 2.75. The van der Waals surface area contributed by atoms with Crippen LogP contribution in [0.4, 0.5) is 10.2 Å². The molecule has 6 nitrogen and oxygen atoms in total. The molecule has 0 bridgehead atoms. The van der Waals surface area contributed by atoms with Gasteiger partial charge >= 0.3 is 0 Å². The van der Waals surface area contributed by atoms with E-state index in [1.807, 2.05) is 29.8 Å². The van der Waals surface area contributed by atoms with Crippen molar-refractivity contribution in [1.82, 2.24) is 19.3 Å². The molecule has 27 heavy (non-hydrogen) atoms. The normalized spacial score (nSPS) is 10.7. The maximum absolute atomic E-state index is 13.2. The Morgan fingerprint density at radius 3 is 2.41 bits per heavy atom. The van der Waals surface area contributed by atoms with Crippen molar-refractivity contribution >= 4 is 11.7 Å². The van der Waals surface area contributed by atoms with E-state index < -0.39 is 0 Å². The lowest BCUT2D eigenvalue weighted by molar-refractivity contribution is 0.102. The van der Waals surface area contributed by atoms with Crippen LogP contribution in [0.25, 0.3) is 11.4 Å². The van der Waals surface area contributed by atoms with Crippen LogP contribution in [-0.2, 0) is 0 Å². The second-order valence-electron chi connectivity index (χ2n) is 6.03. The summed E-state index contributed by atoms with van der Waals surface area (Å²) in [5.74, 6) is -0.0653. The highest BCUT2D eigenvalue weighted by atomic mass is 19.1. The lowest BCUT2D eigenvalue weighted by atomic mass is 10.2. The lowest BCUT2D eigenvalue weighted by Crippen LogP contribution is -2.15. The molecule has 1 amide bonds. The van der Waals surface area contributed by atoms with E-state index in [9.17, 15) is 9.18 Å². The molecule has 2 heterocycles. The summed E-state index contributed by atoms with van der Waals surface area (Å²) >= 11 is 0. The largest absolute Gasteiger partial charge is 0.306 e. The highest BCUT2D eigenvalue weighted by Gasteiger charge is 2.13. The Labute approximate surface area is 154 Å². The molecule has 0 aliphatic carbocycles. The molecule has 0 unspecified atom stereocenters. The van der Waals surface area contributed by atoms with Gasteiger partial charge in [-0.1, -0.05) is 0 Å². The first-order chi connectivity index (χ1) is 13.1. The topological polar surface area (TPSA) is 64.7 Å². The van der Waals surface area contributed by atoms with Gasteiger partial charge in [-0.3, -0.25) is 4.79 Å². The van der Waals surface area contributed by atoms with Gasteiger partial charge in [0.2, 0.25) is 0 Å². The number of aryl methyl sites for hydroxylation is 1. The van der Waals surface area contributed by atoms with Crippen molar-refractivity contribution in [3.8, 4) is 11.4 Å². The molecule has 0 spiro atoms. The van der Waals surface area contributed by atoms with Gasteiger partial charge in [0, 0.05) is 29.7 Å². The van der Waals surface area contributed by atoms with Gasteiger partial charge in [0.05, 0.1) is 17.7 Å². The predicted octanol–water partition coefficient (Wildman–Crippen LogP) is 3.76. The molecule has 4 rings (SSSR count). The molecule has 7 heteroatoms. The van der Waals surface area contributed by atoms with E-state index in [-0.39, 0.29) is 11.7 Å². The molecule has 2 aromatic carbocycles. The van der Waals surface area contributed by atoms with Gasteiger partial charge in [-0.2, -0.15) is 5.10 Å². The number of halogens is 1. The van der Waals surface area contributed by atoms with E-state index in [4.69, 9.17) is 0 Å². The smallest absolute Gasteiger partial charge is 0.256 e. The summed E-state index contributed by atoms with van der Waals surface area (Å²) in [6, 6.07) is 14.9. The Morgan fingerprint density at radius 2 is 1.74 bits per heavy atom. The average molecular weight is 361 g/mol. The first-order valence-electron chi connectivity index (χ1n) is 8.32. The Morgan fingerprint density at radius 1 is 1.04 bits per heavy atom. The van der Waals surface area contributed by atoms with Gasteiger partial charge in [-0.05, 0) is 55.5 Å². The van der Waals surface area contributed by atoms with E-state index >= 15 is 0 Å². The van der Waals surface area contributed by atoms with E-state index in [1.165, 1.54) is 12.1 Å². The third-order valence-corrected chi connectivity index (χ3v) is 4.08. The van der Waals surface area contributed by atoms with Crippen LogP contribution in [0.5, 0.6) is 0 Å². The molecule has 1 N–H and O–H groups in total. The SMILES string of the molecule is Cc1cc(NC(=O)c2ccc(-n3ccnc3)cc2)n(-c2ccc(F)cc2)n1. The van der Waals surface area contributed by atoms with Crippen LogP contribution in [0, 0.1) is 12.7 Å². The molecule has 2 aromatic heterocycles. The first kappa shape index (κ1) is 16.7. The van der Waals surface area contributed by atoms with E-state index in [2.05, 4.69) is 15.4 Å². The third-order valence-electron chi connectivity index (χ3n) is 4.08. The minimum absolute atomic E-state index is 0.254. The minimum atomic E-state index is -0.328. The van der Waals surface area contributed by atoms with Gasteiger partial charge in [-0.25, -0.2) is 14.1 Å². The highest BCUT2D eigenvalue weighted by molar-refractivity contribution is 6.04. The zero-order chi connectivity index (χ0) is 18.8. The second kappa shape index (κ2) is 6.87. The summed E-state index contributed by atoms with van der Waals surface area (Å²) in [5, 5.41) is 7.24. The van der Waals surface area contributed by atoms with Crippen LogP contribution < -0.4 is 5.32 Å². The summed E-state index contributed by atoms with van der Waals surface area (Å²) in [6.07, 6.45) is 5.22. The zero-order valence-corrected chi connectivity index (χ0v) is 14.5. The first-order valence-corrected chi connectivity index (χ1v) is 8.32. The van der Waals surface area contributed by atoms with Gasteiger partial charge in [-0.15, -0.1) is 0 Å². The summed E-state index contributed by atoms with van der Waals surface area (Å²) in [6.45, 7) is 1.83. The van der Waals surface area contributed by atoms with Crippen LogP contribution in [-0.4, -0.2) is 25.2 Å². The number of nitrogens with zero attached hydrogens (tertiary/aromatic N) is 4. The monoisotopic (exact) mass is 361 g/mol. The number of benzene rings is 2. The number of imidazole rings is 1. The van der Waals surface area contributed by atoms with Crippen molar-refractivity contribution in [2.24, 2.45) is 0 Å². The van der Waals surface area contributed by atoms with Crippen LogP contribution in [0.3, 0.4) is 0 Å². The number of nitrogens with one attached hydrogen (secondary N) is 1. The quantitative estimate of drug-likeness (QED) is 0.602. The maximum atomic E-state index is 13.2. The van der Waals surface area contributed by atoms with E-state index in [0.717, 1.165) is 11.4 Å². The van der Waals surface area contributed by atoms with Gasteiger partial charge in [0.1, 0.15) is 11.6 Å². The Hall–Kier alpha value is -3.74. The van der Waals surface area contributed by atoms with Gasteiger partial charge < -0.3 is 9.88 Å². The standard InChI is InChI=1S/C20H16FN5O/c1-14-12-19(26(24-14)18-8-4-16(21)5-9-18)23-20(27)15-2-6-17(7-3-15)25-11-10-22-13-25/h2-13H,1H3,(H,23,27). The average Bonchev–Trinajstić information content (AvgIpc) is 3.33. The fraction of sp³-hybridized carbons (Fsp3) is 0.0500. The van der Waals surface area contributed by atoms with E-state index in [1.54, 1.807) is 47.5 Å². The molecule has 0 aliphatic heterocycles. The number of aromatic nitrogens is 4. The van der Waals surface area contributed by atoms with Gasteiger partial charge in [0.15, 0.2) is 0 Å². The highest BCUT2D eigenvalue weighted by Crippen LogP contribution is 2.19. The lowest BCUT2D eigenvalue weighted by Gasteiger charge is -2.09. The Bertz CT molecular complexity index is 1070. The molecule has 0 fully saturated rings. The zero-order valence-electron chi connectivity index (χ0n) is 14.5. The third kappa shape index (κ3) is 3.48. The van der Waals surface area contributed by atoms with Crippen molar-refractivity contribution in [3.05, 3.63) is 90.4 Å². The molecular formula is C20H16FN5O. The Balaban J connectivity index is 1.57. The summed E-state index contributed by atoms with van der Waals surface area (Å²) in [4.78, 5) is 16.6.